The number of aliphatic hydroxyl groups excluding tert-OH is 1. The maximum Gasteiger partial charge on any atom is 0.256 e. The zero-order chi connectivity index (χ0) is 19.6. The van der Waals surface area contributed by atoms with Crippen LogP contribution in [0.1, 0.15) is 18.4 Å². The number of ether oxygens (including phenoxy) is 1. The van der Waals surface area contributed by atoms with E-state index in [4.69, 9.17) is 33.0 Å². The van der Waals surface area contributed by atoms with E-state index in [9.17, 15) is 4.79 Å². The Morgan fingerprint density at radius 3 is 2.37 bits per heavy atom. The second-order valence-electron chi connectivity index (χ2n) is 5.87. The Kier molecular flexibility index (Phi) is 8.65. The average molecular weight is 408 g/mol. The van der Waals surface area contributed by atoms with Crippen LogP contribution in [0.3, 0.4) is 0 Å². The fourth-order valence-corrected chi connectivity index (χ4v) is 3.01. The number of benzene rings is 2. The maximum absolute atomic E-state index is 12.5. The lowest BCUT2D eigenvalue weighted by atomic mass is 9.95. The average Bonchev–Trinajstić information content (AvgIpc) is 2.70. The summed E-state index contributed by atoms with van der Waals surface area (Å²) in [4.78, 5) is 15.6. The van der Waals surface area contributed by atoms with Crippen LogP contribution in [0.5, 0.6) is 5.75 Å². The number of pyridine rings is 1. The Labute approximate surface area is 168 Å². The van der Waals surface area contributed by atoms with E-state index in [1.165, 1.54) is 0 Å². The molecule has 3 rings (SSSR count). The topological polar surface area (TPSA) is 62.3 Å². The lowest BCUT2D eigenvalue weighted by molar-refractivity contribution is 0.284. The summed E-state index contributed by atoms with van der Waals surface area (Å²) >= 11 is 9.53. The van der Waals surface area contributed by atoms with Gasteiger partial charge in [-0.05, 0) is 54.0 Å². The van der Waals surface area contributed by atoms with Crippen LogP contribution < -0.4 is 10.3 Å². The van der Waals surface area contributed by atoms with Gasteiger partial charge in [0.25, 0.3) is 5.56 Å². The molecule has 1 heterocycles. The van der Waals surface area contributed by atoms with Crippen molar-refractivity contribution < 1.29 is 9.84 Å². The van der Waals surface area contributed by atoms with Crippen molar-refractivity contribution in [2.75, 3.05) is 19.1 Å². The second-order valence-corrected chi connectivity index (χ2v) is 6.68. The van der Waals surface area contributed by atoms with Gasteiger partial charge in [-0.2, -0.15) is 0 Å². The van der Waals surface area contributed by atoms with Crippen molar-refractivity contribution in [2.45, 2.75) is 19.3 Å². The van der Waals surface area contributed by atoms with Crippen molar-refractivity contribution in [1.29, 1.82) is 0 Å². The predicted octanol–water partition coefficient (Wildman–Crippen LogP) is 4.94. The molecule has 4 nitrogen and oxygen atoms in total. The minimum Gasteiger partial charge on any atom is -0.497 e. The van der Waals surface area contributed by atoms with Gasteiger partial charge in [0.2, 0.25) is 0 Å². The van der Waals surface area contributed by atoms with Crippen LogP contribution in [0.15, 0.2) is 53.3 Å². The Hall–Kier alpha value is -2.01. The van der Waals surface area contributed by atoms with E-state index < -0.39 is 0 Å². The molecule has 0 aliphatic carbocycles. The summed E-state index contributed by atoms with van der Waals surface area (Å²) in [5.74, 6) is 0.732. The number of aryl methyl sites for hydroxylation is 1. The van der Waals surface area contributed by atoms with Crippen molar-refractivity contribution in [1.82, 2.24) is 4.98 Å². The Balaban J connectivity index is 0.000000817. The highest BCUT2D eigenvalue weighted by molar-refractivity contribution is 6.40. The zero-order valence-corrected chi connectivity index (χ0v) is 16.7. The molecule has 0 unspecified atom stereocenters. The number of halogens is 2. The van der Waals surface area contributed by atoms with Gasteiger partial charge >= 0.3 is 0 Å². The van der Waals surface area contributed by atoms with Gasteiger partial charge in [0.1, 0.15) is 5.75 Å². The monoisotopic (exact) mass is 407 g/mol. The molecule has 6 heteroatoms. The van der Waals surface area contributed by atoms with Gasteiger partial charge in [-0.1, -0.05) is 30.3 Å². The molecule has 0 amide bonds. The molecular formula is C21H23Cl2NO3. The van der Waals surface area contributed by atoms with Crippen LogP contribution in [0.2, 0.25) is 0 Å². The van der Waals surface area contributed by atoms with E-state index in [-0.39, 0.29) is 17.5 Å². The molecule has 0 atom stereocenters. The Bertz CT molecular complexity index is 910. The Morgan fingerprint density at radius 2 is 1.74 bits per heavy atom. The van der Waals surface area contributed by atoms with Crippen LogP contribution in [-0.4, -0.2) is 29.1 Å². The molecule has 27 heavy (non-hydrogen) atoms. The van der Waals surface area contributed by atoms with Gasteiger partial charge in [0.15, 0.2) is 0 Å². The lowest BCUT2D eigenvalue weighted by Gasteiger charge is -2.14. The summed E-state index contributed by atoms with van der Waals surface area (Å²) in [5, 5.41) is 10.9. The minimum atomic E-state index is -0.0996. The summed E-state index contributed by atoms with van der Waals surface area (Å²) < 4.78 is 5.34. The van der Waals surface area contributed by atoms with Crippen molar-refractivity contribution in [2.24, 2.45) is 0 Å². The molecule has 0 aliphatic heterocycles. The number of hydrogen-bond acceptors (Lipinski definition) is 3. The first kappa shape index (κ1) is 21.3. The highest BCUT2D eigenvalue weighted by atomic mass is 35.5. The number of alkyl halides is 2. The highest BCUT2D eigenvalue weighted by Crippen LogP contribution is 2.30. The van der Waals surface area contributed by atoms with Crippen molar-refractivity contribution in [3.8, 4) is 17.0 Å². The molecule has 0 saturated carbocycles. The van der Waals surface area contributed by atoms with Crippen LogP contribution in [-0.2, 0) is 6.42 Å². The molecule has 0 saturated heterocycles. The zero-order valence-electron chi connectivity index (χ0n) is 15.2. The smallest absolute Gasteiger partial charge is 0.256 e. The third-order valence-electron chi connectivity index (χ3n) is 4.23. The second kappa shape index (κ2) is 11.0. The van der Waals surface area contributed by atoms with E-state index >= 15 is 0 Å². The van der Waals surface area contributed by atoms with Crippen molar-refractivity contribution in [3.05, 3.63) is 64.4 Å². The highest BCUT2D eigenvalue weighted by Gasteiger charge is 2.13. The number of aromatic amines is 1. The summed E-state index contributed by atoms with van der Waals surface area (Å²) in [6.45, 7) is 0.172. The number of unbranched alkanes of at least 4 members (excludes halogenated alkanes) is 1. The normalized spacial score (nSPS) is 10.4. The fraction of sp³-hybridized carbons (Fsp3) is 0.286. The summed E-state index contributed by atoms with van der Waals surface area (Å²) in [6.07, 6.45) is 2.37. The standard InChI is InChI=1S/C20H21NO3.CH2Cl2/c1-24-15-10-11-17-18(13-15)16(9-5-6-12-22)19(21-20(17)23)14-7-3-2-4-8-14;2-1-3/h2-4,7-8,10-11,13,22H,5-6,9,12H2,1H3,(H,21,23);1H2. The Morgan fingerprint density at radius 1 is 1.04 bits per heavy atom. The van der Waals surface area contributed by atoms with Gasteiger partial charge < -0.3 is 14.8 Å². The van der Waals surface area contributed by atoms with Gasteiger partial charge in [0.05, 0.1) is 18.1 Å². The fourth-order valence-electron chi connectivity index (χ4n) is 3.01. The van der Waals surface area contributed by atoms with Gasteiger partial charge in [-0.3, -0.25) is 4.79 Å². The van der Waals surface area contributed by atoms with Gasteiger partial charge in [-0.25, -0.2) is 0 Å². The van der Waals surface area contributed by atoms with Crippen LogP contribution >= 0.6 is 23.2 Å². The summed E-state index contributed by atoms with van der Waals surface area (Å²) in [5.41, 5.74) is 2.82. The number of H-pyrrole nitrogens is 1. The van der Waals surface area contributed by atoms with E-state index in [0.29, 0.717) is 5.39 Å². The van der Waals surface area contributed by atoms with Gasteiger partial charge in [-0.15, -0.1) is 23.2 Å². The number of hydrogen-bond donors (Lipinski definition) is 2. The lowest BCUT2D eigenvalue weighted by Crippen LogP contribution is -2.11. The molecule has 2 N–H and O–H groups in total. The van der Waals surface area contributed by atoms with Crippen LogP contribution in [0.4, 0.5) is 0 Å². The largest absolute Gasteiger partial charge is 0.497 e. The van der Waals surface area contributed by atoms with Crippen LogP contribution in [0, 0.1) is 0 Å². The summed E-state index contributed by atoms with van der Waals surface area (Å²) in [7, 11) is 1.62. The molecule has 0 fully saturated rings. The molecule has 0 spiro atoms. The molecule has 1 aromatic heterocycles. The van der Waals surface area contributed by atoms with E-state index in [2.05, 4.69) is 4.98 Å². The number of aliphatic hydroxyl groups is 1. The third-order valence-corrected chi connectivity index (χ3v) is 4.23. The molecule has 2 aromatic carbocycles. The quantitative estimate of drug-likeness (QED) is 0.449. The first-order valence-electron chi connectivity index (χ1n) is 8.67. The molecule has 3 aromatic rings. The van der Waals surface area contributed by atoms with E-state index in [1.54, 1.807) is 19.2 Å². The molecule has 0 aliphatic rings. The summed E-state index contributed by atoms with van der Waals surface area (Å²) in [6, 6.07) is 15.4. The predicted molar refractivity (Wildman–Crippen MR) is 113 cm³/mol. The van der Waals surface area contributed by atoms with Crippen LogP contribution in [0.25, 0.3) is 22.0 Å². The first-order chi connectivity index (χ1) is 13.2. The van der Waals surface area contributed by atoms with Crippen molar-refractivity contribution >= 4 is 34.0 Å². The molecule has 0 radical (unpaired) electrons. The SMILES string of the molecule is COc1ccc2c(=O)[nH]c(-c3ccccc3)c(CCCCO)c2c1.ClCCl. The van der Waals surface area contributed by atoms with E-state index in [1.807, 2.05) is 36.4 Å². The number of aromatic nitrogens is 1. The third kappa shape index (κ3) is 5.48. The number of rotatable bonds is 6. The van der Waals surface area contributed by atoms with Crippen molar-refractivity contribution in [3.63, 3.8) is 0 Å². The minimum absolute atomic E-state index is 0.0996. The van der Waals surface area contributed by atoms with E-state index in [0.717, 1.165) is 47.2 Å². The molecular weight excluding hydrogens is 385 g/mol. The number of methoxy groups -OCH3 is 1. The number of fused-ring (bicyclic) bond motifs is 1. The number of nitrogens with one attached hydrogen (secondary N) is 1. The maximum atomic E-state index is 12.5. The first-order valence-corrected chi connectivity index (χ1v) is 9.74. The van der Waals surface area contributed by atoms with Gasteiger partial charge in [0, 0.05) is 12.0 Å². The molecule has 0 bridgehead atoms. The molecule has 144 valence electrons.